The second-order valence-corrected chi connectivity index (χ2v) is 6.23. The van der Waals surface area contributed by atoms with Gasteiger partial charge in [-0.2, -0.15) is 0 Å². The number of benzene rings is 1. The van der Waals surface area contributed by atoms with Gasteiger partial charge < -0.3 is 10.6 Å². The minimum Gasteiger partial charge on any atom is -0.355 e. The van der Waals surface area contributed by atoms with Crippen molar-refractivity contribution in [3.63, 3.8) is 0 Å². The zero-order valence-corrected chi connectivity index (χ0v) is 13.5. The van der Waals surface area contributed by atoms with E-state index in [9.17, 15) is 9.59 Å². The van der Waals surface area contributed by atoms with Gasteiger partial charge in [0.15, 0.2) is 0 Å². The van der Waals surface area contributed by atoms with Gasteiger partial charge in [-0.05, 0) is 32.0 Å². The van der Waals surface area contributed by atoms with Gasteiger partial charge in [0, 0.05) is 16.5 Å². The number of hydrogen-bond donors (Lipinski definition) is 2. The number of amides is 2. The highest BCUT2D eigenvalue weighted by atomic mass is 35.5. The van der Waals surface area contributed by atoms with E-state index in [-0.39, 0.29) is 23.6 Å². The zero-order valence-electron chi connectivity index (χ0n) is 11.2. The van der Waals surface area contributed by atoms with Gasteiger partial charge in [-0.15, -0.1) is 11.8 Å². The maximum Gasteiger partial charge on any atom is 0.239 e. The van der Waals surface area contributed by atoms with Crippen LogP contribution in [0.2, 0.25) is 10.0 Å². The Hall–Kier alpha value is -0.910. The lowest BCUT2D eigenvalue weighted by atomic mass is 10.4. The highest BCUT2D eigenvalue weighted by Crippen LogP contribution is 2.32. The summed E-state index contributed by atoms with van der Waals surface area (Å²) in [6, 6.07) is 5.08. The lowest BCUT2D eigenvalue weighted by Crippen LogP contribution is -2.39. The SMILES string of the molecule is CCNC(=O)CNC(=O)C(C)Sc1cc(Cl)ccc1Cl. The molecule has 0 aliphatic rings. The summed E-state index contributed by atoms with van der Waals surface area (Å²) in [7, 11) is 0. The molecule has 1 aromatic carbocycles. The van der Waals surface area contributed by atoms with Crippen LogP contribution in [0.3, 0.4) is 0 Å². The van der Waals surface area contributed by atoms with Gasteiger partial charge in [0.05, 0.1) is 16.8 Å². The van der Waals surface area contributed by atoms with Crippen molar-refractivity contribution in [2.45, 2.75) is 24.0 Å². The van der Waals surface area contributed by atoms with Crippen molar-refractivity contribution in [2.75, 3.05) is 13.1 Å². The first-order chi connectivity index (χ1) is 9.43. The zero-order chi connectivity index (χ0) is 15.1. The van der Waals surface area contributed by atoms with Crippen molar-refractivity contribution < 1.29 is 9.59 Å². The summed E-state index contributed by atoms with van der Waals surface area (Å²) in [5.41, 5.74) is 0. The molecular formula is C13H16Cl2N2O2S. The van der Waals surface area contributed by atoms with E-state index in [0.717, 1.165) is 4.90 Å². The molecule has 20 heavy (non-hydrogen) atoms. The van der Waals surface area contributed by atoms with Crippen LogP contribution in [0.1, 0.15) is 13.8 Å². The van der Waals surface area contributed by atoms with Crippen LogP contribution in [0.5, 0.6) is 0 Å². The van der Waals surface area contributed by atoms with Gasteiger partial charge >= 0.3 is 0 Å². The lowest BCUT2D eigenvalue weighted by Gasteiger charge is -2.13. The fourth-order valence-electron chi connectivity index (χ4n) is 1.38. The highest BCUT2D eigenvalue weighted by molar-refractivity contribution is 8.00. The Morgan fingerprint density at radius 3 is 2.65 bits per heavy atom. The van der Waals surface area contributed by atoms with E-state index in [1.807, 2.05) is 6.92 Å². The molecule has 0 saturated heterocycles. The molecule has 0 radical (unpaired) electrons. The fraction of sp³-hybridized carbons (Fsp3) is 0.385. The second kappa shape index (κ2) is 8.39. The predicted octanol–water partition coefficient (Wildman–Crippen LogP) is 2.73. The van der Waals surface area contributed by atoms with Gasteiger partial charge in [-0.1, -0.05) is 23.2 Å². The molecule has 0 aliphatic carbocycles. The maximum atomic E-state index is 11.9. The molecule has 1 rings (SSSR count). The van der Waals surface area contributed by atoms with E-state index in [2.05, 4.69) is 10.6 Å². The van der Waals surface area contributed by atoms with Crippen molar-refractivity contribution in [3.8, 4) is 0 Å². The first kappa shape index (κ1) is 17.1. The summed E-state index contributed by atoms with van der Waals surface area (Å²) >= 11 is 13.2. The molecule has 1 unspecified atom stereocenters. The molecular weight excluding hydrogens is 319 g/mol. The van der Waals surface area contributed by atoms with Crippen LogP contribution >= 0.6 is 35.0 Å². The quantitative estimate of drug-likeness (QED) is 0.786. The number of hydrogen-bond acceptors (Lipinski definition) is 3. The topological polar surface area (TPSA) is 58.2 Å². The number of halogens is 2. The third-order valence-electron chi connectivity index (χ3n) is 2.36. The average molecular weight is 335 g/mol. The van der Waals surface area contributed by atoms with Crippen LogP contribution in [-0.4, -0.2) is 30.2 Å². The van der Waals surface area contributed by atoms with Crippen LogP contribution in [0.25, 0.3) is 0 Å². The van der Waals surface area contributed by atoms with Gasteiger partial charge in [0.25, 0.3) is 0 Å². The molecule has 1 atom stereocenters. The van der Waals surface area contributed by atoms with E-state index in [0.29, 0.717) is 16.6 Å². The van der Waals surface area contributed by atoms with Crippen molar-refractivity contribution in [1.29, 1.82) is 0 Å². The summed E-state index contributed by atoms with van der Waals surface area (Å²) in [5, 5.41) is 5.91. The predicted molar refractivity (Wildman–Crippen MR) is 83.5 cm³/mol. The van der Waals surface area contributed by atoms with Crippen LogP contribution < -0.4 is 10.6 Å². The molecule has 7 heteroatoms. The normalized spacial score (nSPS) is 11.8. The first-order valence-electron chi connectivity index (χ1n) is 6.10. The first-order valence-corrected chi connectivity index (χ1v) is 7.73. The monoisotopic (exact) mass is 334 g/mol. The number of carbonyl (C=O) groups is 2. The fourth-order valence-corrected chi connectivity index (χ4v) is 2.82. The Kier molecular flexibility index (Phi) is 7.19. The number of thioether (sulfide) groups is 1. The molecule has 0 spiro atoms. The largest absolute Gasteiger partial charge is 0.355 e. The molecule has 4 nitrogen and oxygen atoms in total. The molecule has 0 aliphatic heterocycles. The minimum absolute atomic E-state index is 0.0269. The van der Waals surface area contributed by atoms with Crippen molar-refractivity contribution in [1.82, 2.24) is 10.6 Å². The van der Waals surface area contributed by atoms with Crippen LogP contribution in [0.15, 0.2) is 23.1 Å². The molecule has 1 aromatic rings. The standard InChI is InChI=1S/C13H16Cl2N2O2S/c1-3-16-12(18)7-17-13(19)8(2)20-11-6-9(14)4-5-10(11)15/h4-6,8H,3,7H2,1-2H3,(H,16,18)(H,17,19). The minimum atomic E-state index is -0.375. The molecule has 0 fully saturated rings. The van der Waals surface area contributed by atoms with E-state index in [1.165, 1.54) is 11.8 Å². The van der Waals surface area contributed by atoms with Crippen LogP contribution in [0, 0.1) is 0 Å². The highest BCUT2D eigenvalue weighted by Gasteiger charge is 2.16. The Balaban J connectivity index is 2.53. The smallest absolute Gasteiger partial charge is 0.239 e. The number of likely N-dealkylation sites (N-methyl/N-ethyl adjacent to an activating group) is 1. The van der Waals surface area contributed by atoms with Crippen molar-refractivity contribution >= 4 is 46.8 Å². The van der Waals surface area contributed by atoms with Crippen LogP contribution in [-0.2, 0) is 9.59 Å². The number of carbonyl (C=O) groups excluding carboxylic acids is 2. The summed E-state index contributed by atoms with van der Waals surface area (Å²) in [6.07, 6.45) is 0. The van der Waals surface area contributed by atoms with Gasteiger partial charge in [0.1, 0.15) is 0 Å². The Bertz CT molecular complexity index is 497. The lowest BCUT2D eigenvalue weighted by molar-refractivity contribution is -0.125. The molecule has 0 saturated carbocycles. The summed E-state index contributed by atoms with van der Waals surface area (Å²) in [4.78, 5) is 23.9. The summed E-state index contributed by atoms with van der Waals surface area (Å²) < 4.78 is 0. The van der Waals surface area contributed by atoms with Crippen molar-refractivity contribution in [2.24, 2.45) is 0 Å². The molecule has 2 N–H and O–H groups in total. The third-order valence-corrected chi connectivity index (χ3v) is 4.20. The van der Waals surface area contributed by atoms with E-state index in [1.54, 1.807) is 25.1 Å². The molecule has 2 amide bonds. The summed E-state index contributed by atoms with van der Waals surface area (Å²) in [5.74, 6) is -0.434. The molecule has 0 bridgehead atoms. The summed E-state index contributed by atoms with van der Waals surface area (Å²) in [6.45, 7) is 4.08. The molecule has 0 aromatic heterocycles. The third kappa shape index (κ3) is 5.61. The van der Waals surface area contributed by atoms with E-state index >= 15 is 0 Å². The second-order valence-electron chi connectivity index (χ2n) is 4.01. The van der Waals surface area contributed by atoms with Crippen molar-refractivity contribution in [3.05, 3.63) is 28.2 Å². The van der Waals surface area contributed by atoms with E-state index < -0.39 is 0 Å². The Labute approximate surface area is 132 Å². The van der Waals surface area contributed by atoms with Gasteiger partial charge in [-0.3, -0.25) is 9.59 Å². The van der Waals surface area contributed by atoms with Crippen LogP contribution in [0.4, 0.5) is 0 Å². The average Bonchev–Trinajstić information content (AvgIpc) is 2.40. The number of rotatable bonds is 6. The maximum absolute atomic E-state index is 11.9. The molecule has 0 heterocycles. The number of nitrogens with one attached hydrogen (secondary N) is 2. The Morgan fingerprint density at radius 1 is 1.30 bits per heavy atom. The Morgan fingerprint density at radius 2 is 2.00 bits per heavy atom. The van der Waals surface area contributed by atoms with E-state index in [4.69, 9.17) is 23.2 Å². The van der Waals surface area contributed by atoms with Gasteiger partial charge in [-0.25, -0.2) is 0 Å². The molecule has 110 valence electrons. The van der Waals surface area contributed by atoms with Gasteiger partial charge in [0.2, 0.25) is 11.8 Å².